The molecule has 4 rings (SSSR count). The Morgan fingerprint density at radius 2 is 1.55 bits per heavy atom. The van der Waals surface area contributed by atoms with E-state index in [1.807, 2.05) is 79.4 Å². The van der Waals surface area contributed by atoms with Crippen LogP contribution in [0.1, 0.15) is 28.0 Å². The average Bonchev–Trinajstić information content (AvgIpc) is 3.08. The molecule has 31 heavy (non-hydrogen) atoms. The van der Waals surface area contributed by atoms with Gasteiger partial charge in [-0.2, -0.15) is 0 Å². The molecule has 5 nitrogen and oxygen atoms in total. The average molecular weight is 432 g/mol. The molecule has 0 spiro atoms. The summed E-state index contributed by atoms with van der Waals surface area (Å²) in [6.45, 7) is 5.33. The molecule has 158 valence electrons. The van der Waals surface area contributed by atoms with Crippen molar-refractivity contribution in [2.45, 2.75) is 39.9 Å². The number of fused-ring (bicyclic) bond motifs is 1. The number of benzene rings is 2. The van der Waals surface area contributed by atoms with Crippen molar-refractivity contribution in [3.8, 4) is 0 Å². The number of hydrogen-bond donors (Lipinski definition) is 0. The third-order valence-electron chi connectivity index (χ3n) is 5.51. The van der Waals surface area contributed by atoms with Gasteiger partial charge >= 0.3 is 0 Å². The maximum absolute atomic E-state index is 13.2. The van der Waals surface area contributed by atoms with Gasteiger partial charge in [-0.15, -0.1) is 11.3 Å². The number of nitrogens with zero attached hydrogens (tertiary/aromatic N) is 3. The van der Waals surface area contributed by atoms with E-state index in [2.05, 4.69) is 4.98 Å². The van der Waals surface area contributed by atoms with Crippen molar-refractivity contribution in [1.82, 2.24) is 14.5 Å². The lowest BCUT2D eigenvalue weighted by molar-refractivity contribution is -0.132. The summed E-state index contributed by atoms with van der Waals surface area (Å²) in [5, 5.41) is 0.669. The van der Waals surface area contributed by atoms with Crippen molar-refractivity contribution in [1.29, 1.82) is 0 Å². The van der Waals surface area contributed by atoms with Gasteiger partial charge in [0.1, 0.15) is 4.83 Å². The first-order valence-electron chi connectivity index (χ1n) is 10.3. The van der Waals surface area contributed by atoms with Gasteiger partial charge in [0.25, 0.3) is 5.56 Å². The smallest absolute Gasteiger partial charge is 0.262 e. The first kappa shape index (κ1) is 21.0. The molecule has 4 aromatic rings. The minimum Gasteiger partial charge on any atom is -0.334 e. The summed E-state index contributed by atoms with van der Waals surface area (Å²) >= 11 is 1.53. The highest BCUT2D eigenvalue weighted by Gasteiger charge is 2.17. The highest BCUT2D eigenvalue weighted by molar-refractivity contribution is 7.18. The van der Waals surface area contributed by atoms with Gasteiger partial charge in [-0.1, -0.05) is 60.7 Å². The quantitative estimate of drug-likeness (QED) is 0.426. The van der Waals surface area contributed by atoms with Crippen molar-refractivity contribution in [3.63, 3.8) is 0 Å². The van der Waals surface area contributed by atoms with Crippen LogP contribution in [0.4, 0.5) is 0 Å². The number of aromatic nitrogens is 2. The van der Waals surface area contributed by atoms with Crippen LogP contribution >= 0.6 is 11.3 Å². The molecule has 0 aliphatic carbocycles. The van der Waals surface area contributed by atoms with Crippen LogP contribution < -0.4 is 5.56 Å². The number of amides is 1. The fourth-order valence-corrected chi connectivity index (χ4v) is 4.63. The molecule has 0 aliphatic rings. The molecule has 0 saturated heterocycles. The van der Waals surface area contributed by atoms with Crippen LogP contribution in [0.3, 0.4) is 0 Å². The zero-order valence-corrected chi connectivity index (χ0v) is 18.6. The van der Waals surface area contributed by atoms with E-state index in [1.54, 1.807) is 10.9 Å². The fraction of sp³-hybridized carbons (Fsp3) is 0.240. The van der Waals surface area contributed by atoms with Crippen molar-refractivity contribution in [2.24, 2.45) is 0 Å². The largest absolute Gasteiger partial charge is 0.334 e. The summed E-state index contributed by atoms with van der Waals surface area (Å²) in [4.78, 5) is 34.2. The van der Waals surface area contributed by atoms with E-state index in [9.17, 15) is 9.59 Å². The van der Waals surface area contributed by atoms with Gasteiger partial charge < -0.3 is 4.90 Å². The minimum absolute atomic E-state index is 0.0120. The van der Waals surface area contributed by atoms with Crippen molar-refractivity contribution < 1.29 is 4.79 Å². The minimum atomic E-state index is -0.0719. The standard InChI is InChI=1S/C25H25N3O2S/c1-18-19(2)31-24-23(18)25(30)27(17-26-24)14-13-22(29)28(15-20-9-5-3-6-10-20)16-21-11-7-4-8-12-21/h3-12,17H,13-16H2,1-2H3. The summed E-state index contributed by atoms with van der Waals surface area (Å²) < 4.78 is 1.56. The molecular formula is C25H25N3O2S. The van der Waals surface area contributed by atoms with Crippen molar-refractivity contribution in [3.05, 3.63) is 98.9 Å². The van der Waals surface area contributed by atoms with E-state index in [1.165, 1.54) is 11.3 Å². The van der Waals surface area contributed by atoms with Crippen molar-refractivity contribution >= 4 is 27.5 Å². The molecule has 2 aromatic carbocycles. The van der Waals surface area contributed by atoms with Crippen LogP contribution in [0.15, 0.2) is 71.8 Å². The number of thiophene rings is 1. The molecule has 0 aliphatic heterocycles. The van der Waals surface area contributed by atoms with Gasteiger partial charge in [0.05, 0.1) is 11.7 Å². The molecule has 2 heterocycles. The predicted molar refractivity (Wildman–Crippen MR) is 125 cm³/mol. The number of rotatable bonds is 7. The predicted octanol–water partition coefficient (Wildman–Crippen LogP) is 4.69. The topological polar surface area (TPSA) is 55.2 Å². The molecule has 6 heteroatoms. The lowest BCUT2D eigenvalue weighted by Crippen LogP contribution is -2.32. The van der Waals surface area contributed by atoms with Crippen LogP contribution in [0.5, 0.6) is 0 Å². The highest BCUT2D eigenvalue weighted by atomic mass is 32.1. The van der Waals surface area contributed by atoms with Gasteiger partial charge in [-0.25, -0.2) is 4.98 Å². The van der Waals surface area contributed by atoms with Crippen LogP contribution in [-0.2, 0) is 24.4 Å². The van der Waals surface area contributed by atoms with Crippen LogP contribution in [-0.4, -0.2) is 20.4 Å². The Labute approximate surface area is 185 Å². The second-order valence-electron chi connectivity index (χ2n) is 7.68. The molecule has 0 atom stereocenters. The Bertz CT molecular complexity index is 1200. The molecule has 1 amide bonds. The van der Waals surface area contributed by atoms with Gasteiger partial charge in [-0.05, 0) is 30.5 Å². The highest BCUT2D eigenvalue weighted by Crippen LogP contribution is 2.25. The molecule has 0 N–H and O–H groups in total. The molecule has 0 fully saturated rings. The molecule has 0 unspecified atom stereocenters. The SMILES string of the molecule is Cc1sc2ncn(CCC(=O)N(Cc3ccccc3)Cc3ccccc3)c(=O)c2c1C. The number of aryl methyl sites for hydroxylation is 3. The van der Waals surface area contributed by atoms with Gasteiger partial charge in [0.15, 0.2) is 0 Å². The Hall–Kier alpha value is -3.25. The molecule has 0 radical (unpaired) electrons. The maximum Gasteiger partial charge on any atom is 0.262 e. The molecule has 0 bridgehead atoms. The third kappa shape index (κ3) is 4.75. The molecule has 2 aromatic heterocycles. The zero-order valence-electron chi connectivity index (χ0n) is 17.7. The van der Waals surface area contributed by atoms with E-state index in [0.717, 1.165) is 26.4 Å². The Kier molecular flexibility index (Phi) is 6.28. The summed E-state index contributed by atoms with van der Waals surface area (Å²) in [6.07, 6.45) is 1.81. The second kappa shape index (κ2) is 9.27. The van der Waals surface area contributed by atoms with E-state index in [0.29, 0.717) is 25.0 Å². The van der Waals surface area contributed by atoms with Gasteiger partial charge in [-0.3, -0.25) is 14.2 Å². The Morgan fingerprint density at radius 1 is 0.968 bits per heavy atom. The van der Waals surface area contributed by atoms with Gasteiger partial charge in [0.2, 0.25) is 5.91 Å². The summed E-state index contributed by atoms with van der Waals surface area (Å²) in [7, 11) is 0. The third-order valence-corrected chi connectivity index (χ3v) is 6.62. The zero-order chi connectivity index (χ0) is 21.8. The van der Waals surface area contributed by atoms with E-state index in [4.69, 9.17) is 0 Å². The second-order valence-corrected chi connectivity index (χ2v) is 8.88. The number of carbonyl (C=O) groups excluding carboxylic acids is 1. The van der Waals surface area contributed by atoms with E-state index in [-0.39, 0.29) is 17.9 Å². The monoisotopic (exact) mass is 431 g/mol. The number of hydrogen-bond acceptors (Lipinski definition) is 4. The first-order valence-corrected chi connectivity index (χ1v) is 11.2. The van der Waals surface area contributed by atoms with Crippen molar-refractivity contribution in [2.75, 3.05) is 0 Å². The lowest BCUT2D eigenvalue weighted by Gasteiger charge is -2.23. The van der Waals surface area contributed by atoms with Crippen LogP contribution in [0, 0.1) is 13.8 Å². The fourth-order valence-electron chi connectivity index (χ4n) is 3.64. The summed E-state index contributed by atoms with van der Waals surface area (Å²) in [5.41, 5.74) is 3.07. The normalized spacial score (nSPS) is 11.0. The lowest BCUT2D eigenvalue weighted by atomic mass is 10.1. The maximum atomic E-state index is 13.2. The van der Waals surface area contributed by atoms with E-state index >= 15 is 0 Å². The number of carbonyl (C=O) groups is 1. The Morgan fingerprint density at radius 3 is 2.13 bits per heavy atom. The summed E-state index contributed by atoms with van der Waals surface area (Å²) in [5.74, 6) is 0.0120. The molecule has 0 saturated carbocycles. The van der Waals surface area contributed by atoms with Gasteiger partial charge in [0, 0.05) is 30.9 Å². The molecular weight excluding hydrogens is 406 g/mol. The summed E-state index contributed by atoms with van der Waals surface area (Å²) in [6, 6.07) is 19.9. The van der Waals surface area contributed by atoms with Crippen LogP contribution in [0.2, 0.25) is 0 Å². The Balaban J connectivity index is 1.53. The first-order chi connectivity index (χ1) is 15.0. The van der Waals surface area contributed by atoms with E-state index < -0.39 is 0 Å². The van der Waals surface area contributed by atoms with Crippen LogP contribution in [0.25, 0.3) is 10.2 Å².